The van der Waals surface area contributed by atoms with E-state index in [4.69, 9.17) is 9.84 Å². The Morgan fingerprint density at radius 2 is 2.21 bits per heavy atom. The van der Waals surface area contributed by atoms with E-state index in [2.05, 4.69) is 9.88 Å². The molecule has 1 aliphatic rings. The van der Waals surface area contributed by atoms with Crippen molar-refractivity contribution in [2.45, 2.75) is 6.42 Å². The number of hydrogen-bond donors (Lipinski definition) is 1. The zero-order valence-electron chi connectivity index (χ0n) is 11.1. The van der Waals surface area contributed by atoms with Gasteiger partial charge in [-0.15, -0.1) is 0 Å². The average Bonchev–Trinajstić information content (AvgIpc) is 2.46. The average molecular weight is 265 g/mol. The second-order valence-corrected chi connectivity index (χ2v) is 4.54. The number of carboxylic acid groups (broad SMARTS) is 1. The van der Waals surface area contributed by atoms with Crippen LogP contribution in [0.4, 0.5) is 11.5 Å². The van der Waals surface area contributed by atoms with Crippen molar-refractivity contribution < 1.29 is 14.6 Å². The van der Waals surface area contributed by atoms with E-state index in [1.807, 2.05) is 24.1 Å². The van der Waals surface area contributed by atoms with Gasteiger partial charge in [-0.2, -0.15) is 0 Å². The molecule has 1 N–H and O–H groups in total. The molecule has 0 aromatic carbocycles. The summed E-state index contributed by atoms with van der Waals surface area (Å²) in [7, 11) is 1.87. The molecule has 0 amide bonds. The molecule has 104 valence electrons. The van der Waals surface area contributed by atoms with Crippen molar-refractivity contribution in [3.05, 3.63) is 18.3 Å². The number of rotatable bonds is 5. The quantitative estimate of drug-likeness (QED) is 0.850. The third kappa shape index (κ3) is 3.82. The zero-order chi connectivity index (χ0) is 13.7. The molecule has 0 atom stereocenters. The van der Waals surface area contributed by atoms with Crippen molar-refractivity contribution in [3.63, 3.8) is 0 Å². The highest BCUT2D eigenvalue weighted by Gasteiger charge is 2.12. The molecule has 0 radical (unpaired) electrons. The molecule has 0 bridgehead atoms. The van der Waals surface area contributed by atoms with Gasteiger partial charge in [-0.05, 0) is 12.1 Å². The van der Waals surface area contributed by atoms with Gasteiger partial charge in [-0.1, -0.05) is 0 Å². The first-order chi connectivity index (χ1) is 9.16. The van der Waals surface area contributed by atoms with Crippen LogP contribution in [0.3, 0.4) is 0 Å². The highest BCUT2D eigenvalue weighted by atomic mass is 16.5. The van der Waals surface area contributed by atoms with Gasteiger partial charge < -0.3 is 19.6 Å². The lowest BCUT2D eigenvalue weighted by atomic mass is 10.3. The fourth-order valence-electron chi connectivity index (χ4n) is 1.98. The molecule has 0 saturated carbocycles. The van der Waals surface area contributed by atoms with Crippen molar-refractivity contribution in [2.24, 2.45) is 0 Å². The Bertz CT molecular complexity index is 416. The molecular weight excluding hydrogens is 246 g/mol. The molecule has 6 nitrogen and oxygen atoms in total. The molecule has 1 saturated heterocycles. The minimum absolute atomic E-state index is 0.127. The highest BCUT2D eigenvalue weighted by molar-refractivity contribution is 5.67. The standard InChI is InChI=1S/C13H19N3O3/c1-15(5-4-13(17)18)11-2-3-12(14-10-11)16-6-8-19-9-7-16/h2-3,10H,4-9H2,1H3,(H,17,18). The highest BCUT2D eigenvalue weighted by Crippen LogP contribution is 2.17. The second-order valence-electron chi connectivity index (χ2n) is 4.54. The number of pyridine rings is 1. The van der Waals surface area contributed by atoms with E-state index < -0.39 is 5.97 Å². The number of ether oxygens (including phenoxy) is 1. The molecule has 0 aliphatic carbocycles. The van der Waals surface area contributed by atoms with E-state index >= 15 is 0 Å². The van der Waals surface area contributed by atoms with Crippen molar-refractivity contribution in [1.82, 2.24) is 4.98 Å². The maximum atomic E-state index is 10.5. The number of nitrogens with zero attached hydrogens (tertiary/aromatic N) is 3. The van der Waals surface area contributed by atoms with Crippen LogP contribution in [0.5, 0.6) is 0 Å². The monoisotopic (exact) mass is 265 g/mol. The van der Waals surface area contributed by atoms with Crippen LogP contribution in [0.15, 0.2) is 18.3 Å². The normalized spacial score (nSPS) is 15.3. The molecule has 1 aliphatic heterocycles. The van der Waals surface area contributed by atoms with Gasteiger partial charge in [-0.25, -0.2) is 4.98 Å². The molecule has 1 aromatic heterocycles. The van der Waals surface area contributed by atoms with Crippen molar-refractivity contribution in [1.29, 1.82) is 0 Å². The number of carboxylic acids is 1. The predicted molar refractivity (Wildman–Crippen MR) is 72.8 cm³/mol. The van der Waals surface area contributed by atoms with Crippen LogP contribution in [0.25, 0.3) is 0 Å². The summed E-state index contributed by atoms with van der Waals surface area (Å²) in [6.07, 6.45) is 1.91. The molecule has 6 heteroatoms. The van der Waals surface area contributed by atoms with E-state index in [0.29, 0.717) is 6.54 Å². The van der Waals surface area contributed by atoms with Crippen molar-refractivity contribution >= 4 is 17.5 Å². The topological polar surface area (TPSA) is 65.9 Å². The lowest BCUT2D eigenvalue weighted by Crippen LogP contribution is -2.36. The maximum Gasteiger partial charge on any atom is 0.305 e. The summed E-state index contributed by atoms with van der Waals surface area (Å²) in [6.45, 7) is 3.68. The maximum absolute atomic E-state index is 10.5. The van der Waals surface area contributed by atoms with Gasteiger partial charge in [0.15, 0.2) is 0 Å². The fourth-order valence-corrected chi connectivity index (χ4v) is 1.98. The lowest BCUT2D eigenvalue weighted by Gasteiger charge is -2.28. The summed E-state index contributed by atoms with van der Waals surface area (Å²) in [4.78, 5) is 19.0. The van der Waals surface area contributed by atoms with Crippen LogP contribution >= 0.6 is 0 Å². The number of carbonyl (C=O) groups is 1. The van der Waals surface area contributed by atoms with Gasteiger partial charge in [0.05, 0.1) is 31.5 Å². The molecule has 0 unspecified atom stereocenters. The molecule has 0 spiro atoms. The fraction of sp³-hybridized carbons (Fsp3) is 0.538. The van der Waals surface area contributed by atoms with E-state index in [-0.39, 0.29) is 6.42 Å². The van der Waals surface area contributed by atoms with Gasteiger partial charge in [0.2, 0.25) is 0 Å². The molecular formula is C13H19N3O3. The third-order valence-electron chi connectivity index (χ3n) is 3.17. The molecule has 1 aromatic rings. The molecule has 2 heterocycles. The largest absolute Gasteiger partial charge is 0.481 e. The summed E-state index contributed by atoms with van der Waals surface area (Å²) in [5.41, 5.74) is 0.929. The minimum atomic E-state index is -0.787. The second kappa shape index (κ2) is 6.38. The summed E-state index contributed by atoms with van der Waals surface area (Å²) in [6, 6.07) is 3.94. The van der Waals surface area contributed by atoms with Crippen LogP contribution in [-0.2, 0) is 9.53 Å². The molecule has 19 heavy (non-hydrogen) atoms. The lowest BCUT2D eigenvalue weighted by molar-refractivity contribution is -0.136. The zero-order valence-corrected chi connectivity index (χ0v) is 11.1. The number of morpholine rings is 1. The van der Waals surface area contributed by atoms with Crippen LogP contribution in [0, 0.1) is 0 Å². The number of hydrogen-bond acceptors (Lipinski definition) is 5. The summed E-state index contributed by atoms with van der Waals surface area (Å²) >= 11 is 0. The first kappa shape index (κ1) is 13.6. The Morgan fingerprint density at radius 3 is 2.79 bits per heavy atom. The Labute approximate surface area is 112 Å². The van der Waals surface area contributed by atoms with Gasteiger partial charge in [0.1, 0.15) is 5.82 Å². The van der Waals surface area contributed by atoms with E-state index in [9.17, 15) is 4.79 Å². The number of anilines is 2. The van der Waals surface area contributed by atoms with E-state index in [0.717, 1.165) is 37.8 Å². The van der Waals surface area contributed by atoms with Gasteiger partial charge in [0, 0.05) is 26.7 Å². The van der Waals surface area contributed by atoms with Crippen molar-refractivity contribution in [3.8, 4) is 0 Å². The van der Waals surface area contributed by atoms with Crippen LogP contribution in [0.2, 0.25) is 0 Å². The van der Waals surface area contributed by atoms with Crippen LogP contribution < -0.4 is 9.80 Å². The Hall–Kier alpha value is -1.82. The van der Waals surface area contributed by atoms with Crippen molar-refractivity contribution in [2.75, 3.05) is 49.7 Å². The van der Waals surface area contributed by atoms with Gasteiger partial charge in [0.25, 0.3) is 0 Å². The predicted octanol–water partition coefficient (Wildman–Crippen LogP) is 0.829. The summed E-state index contributed by atoms with van der Waals surface area (Å²) in [5.74, 6) is 0.156. The first-order valence-corrected chi connectivity index (χ1v) is 6.38. The Morgan fingerprint density at radius 1 is 1.47 bits per heavy atom. The minimum Gasteiger partial charge on any atom is -0.481 e. The summed E-state index contributed by atoms with van der Waals surface area (Å²) in [5, 5.41) is 8.66. The smallest absolute Gasteiger partial charge is 0.305 e. The number of aliphatic carboxylic acids is 1. The van der Waals surface area contributed by atoms with E-state index in [1.54, 1.807) is 6.20 Å². The molecule has 2 rings (SSSR count). The van der Waals surface area contributed by atoms with Gasteiger partial charge in [-0.3, -0.25) is 4.79 Å². The Kier molecular flexibility index (Phi) is 4.57. The van der Waals surface area contributed by atoms with Crippen LogP contribution in [-0.4, -0.2) is 56.0 Å². The SMILES string of the molecule is CN(CCC(=O)O)c1ccc(N2CCOCC2)nc1. The molecule has 1 fully saturated rings. The third-order valence-corrected chi connectivity index (χ3v) is 3.17. The van der Waals surface area contributed by atoms with Crippen LogP contribution in [0.1, 0.15) is 6.42 Å². The van der Waals surface area contributed by atoms with Gasteiger partial charge >= 0.3 is 5.97 Å². The number of aromatic nitrogens is 1. The first-order valence-electron chi connectivity index (χ1n) is 6.38. The Balaban J connectivity index is 1.95. The van der Waals surface area contributed by atoms with E-state index in [1.165, 1.54) is 0 Å². The summed E-state index contributed by atoms with van der Waals surface area (Å²) < 4.78 is 5.30.